The molecule has 1 heterocycles. The number of halogens is 1. The molecule has 7 heteroatoms. The van der Waals surface area contributed by atoms with E-state index in [1.54, 1.807) is 44.6 Å². The third-order valence-corrected chi connectivity index (χ3v) is 4.94. The molecule has 0 aliphatic rings. The zero-order valence-corrected chi connectivity index (χ0v) is 17.7. The molecule has 2 N–H and O–H groups in total. The van der Waals surface area contributed by atoms with Gasteiger partial charge in [0.1, 0.15) is 0 Å². The average Bonchev–Trinajstić information content (AvgIpc) is 3.22. The predicted octanol–water partition coefficient (Wildman–Crippen LogP) is 5.16. The van der Waals surface area contributed by atoms with Crippen LogP contribution in [0, 0.1) is 0 Å². The minimum Gasteiger partial charge on any atom is -0.493 e. The number of fused-ring (bicyclic) bond motifs is 1. The molecule has 0 saturated heterocycles. The molecule has 156 valence electrons. The molecule has 0 fully saturated rings. The maximum Gasteiger partial charge on any atom is 0.255 e. The van der Waals surface area contributed by atoms with Crippen molar-refractivity contribution in [3.63, 3.8) is 0 Å². The van der Waals surface area contributed by atoms with Gasteiger partial charge in [-0.1, -0.05) is 35.9 Å². The van der Waals surface area contributed by atoms with Crippen LogP contribution in [0.1, 0.15) is 21.7 Å². The molecule has 0 atom stereocenters. The van der Waals surface area contributed by atoms with Gasteiger partial charge < -0.3 is 19.8 Å². The number of carbonyl (C=O) groups excluding carboxylic acids is 1. The molecule has 0 saturated carbocycles. The molecule has 0 radical (unpaired) electrons. The zero-order chi connectivity index (χ0) is 21.8. The molecule has 31 heavy (non-hydrogen) atoms. The highest BCUT2D eigenvalue weighted by Gasteiger charge is 2.14. The first-order chi connectivity index (χ1) is 15.1. The Balaban J connectivity index is 1.78. The molecule has 3 aromatic carbocycles. The summed E-state index contributed by atoms with van der Waals surface area (Å²) in [5.41, 5.74) is 3.37. The van der Waals surface area contributed by atoms with Gasteiger partial charge in [0.2, 0.25) is 0 Å². The van der Waals surface area contributed by atoms with Crippen LogP contribution in [-0.2, 0) is 0 Å². The van der Waals surface area contributed by atoms with Gasteiger partial charge in [0, 0.05) is 10.6 Å². The van der Waals surface area contributed by atoms with E-state index in [0.29, 0.717) is 33.6 Å². The van der Waals surface area contributed by atoms with Gasteiger partial charge in [-0.05, 0) is 54.1 Å². The van der Waals surface area contributed by atoms with Crippen molar-refractivity contribution in [3.8, 4) is 11.5 Å². The molecule has 0 aliphatic carbocycles. The molecular formula is C24H20ClN3O3. The fourth-order valence-electron chi connectivity index (χ4n) is 3.17. The number of ether oxygens (including phenoxy) is 2. The number of H-pyrrole nitrogens is 1. The Morgan fingerprint density at radius 2 is 1.77 bits per heavy atom. The minimum atomic E-state index is -0.245. The van der Waals surface area contributed by atoms with Crippen LogP contribution in [0.2, 0.25) is 5.02 Å². The second kappa shape index (κ2) is 8.93. The third-order valence-electron chi connectivity index (χ3n) is 4.70. The lowest BCUT2D eigenvalue weighted by atomic mass is 10.1. The second-order valence-corrected chi connectivity index (χ2v) is 7.18. The third kappa shape index (κ3) is 4.54. The highest BCUT2D eigenvalue weighted by Crippen LogP contribution is 2.29. The van der Waals surface area contributed by atoms with Gasteiger partial charge in [-0.2, -0.15) is 0 Å². The number of aromatic nitrogens is 2. The number of benzene rings is 3. The Hall–Kier alpha value is -3.77. The van der Waals surface area contributed by atoms with Crippen molar-refractivity contribution in [2.75, 3.05) is 14.2 Å². The monoisotopic (exact) mass is 433 g/mol. The first kappa shape index (κ1) is 20.5. The van der Waals surface area contributed by atoms with Gasteiger partial charge in [0.15, 0.2) is 17.3 Å². The Morgan fingerprint density at radius 3 is 2.52 bits per heavy atom. The number of imidazole rings is 1. The quantitative estimate of drug-likeness (QED) is 0.440. The summed E-state index contributed by atoms with van der Waals surface area (Å²) in [6.07, 6.45) is 1.82. The summed E-state index contributed by atoms with van der Waals surface area (Å²) < 4.78 is 10.7. The number of nitrogens with zero attached hydrogens (tertiary/aromatic N) is 1. The number of hydrogen-bond acceptors (Lipinski definition) is 4. The van der Waals surface area contributed by atoms with Crippen LogP contribution >= 0.6 is 11.6 Å². The van der Waals surface area contributed by atoms with Crippen LogP contribution in [-0.4, -0.2) is 30.1 Å². The van der Waals surface area contributed by atoms with Crippen molar-refractivity contribution in [1.29, 1.82) is 0 Å². The van der Waals surface area contributed by atoms with E-state index in [1.165, 1.54) is 0 Å². The van der Waals surface area contributed by atoms with Gasteiger partial charge in [-0.3, -0.25) is 4.79 Å². The van der Waals surface area contributed by atoms with E-state index >= 15 is 0 Å². The maximum atomic E-state index is 12.9. The van der Waals surface area contributed by atoms with Crippen molar-refractivity contribution < 1.29 is 14.3 Å². The molecule has 4 rings (SSSR count). The van der Waals surface area contributed by atoms with Crippen LogP contribution in [0.15, 0.2) is 66.7 Å². The zero-order valence-electron chi connectivity index (χ0n) is 17.0. The molecule has 0 unspecified atom stereocenters. The van der Waals surface area contributed by atoms with E-state index in [0.717, 1.165) is 16.6 Å². The smallest absolute Gasteiger partial charge is 0.255 e. The van der Waals surface area contributed by atoms with Gasteiger partial charge in [-0.15, -0.1) is 0 Å². The number of methoxy groups -OCH3 is 2. The lowest BCUT2D eigenvalue weighted by molar-refractivity contribution is 0.0973. The lowest BCUT2D eigenvalue weighted by Crippen LogP contribution is -2.22. The maximum absolute atomic E-state index is 12.9. The fraction of sp³-hybridized carbons (Fsp3) is 0.0833. The van der Waals surface area contributed by atoms with Crippen molar-refractivity contribution in [2.24, 2.45) is 0 Å². The first-order valence-electron chi connectivity index (χ1n) is 9.53. The minimum absolute atomic E-state index is 0.245. The summed E-state index contributed by atoms with van der Waals surface area (Å²) in [4.78, 5) is 20.7. The van der Waals surface area contributed by atoms with Crippen LogP contribution in [0.4, 0.5) is 0 Å². The van der Waals surface area contributed by atoms with E-state index in [4.69, 9.17) is 21.1 Å². The molecule has 0 spiro atoms. The molecule has 4 aromatic rings. The Morgan fingerprint density at radius 1 is 1.00 bits per heavy atom. The lowest BCUT2D eigenvalue weighted by Gasteiger charge is -2.10. The van der Waals surface area contributed by atoms with E-state index in [9.17, 15) is 4.79 Å². The molecule has 1 aromatic heterocycles. The van der Waals surface area contributed by atoms with Gasteiger partial charge in [-0.25, -0.2) is 4.98 Å². The van der Waals surface area contributed by atoms with Crippen molar-refractivity contribution >= 4 is 40.3 Å². The van der Waals surface area contributed by atoms with E-state index < -0.39 is 0 Å². The van der Waals surface area contributed by atoms with Gasteiger partial charge in [0.05, 0.1) is 31.0 Å². The predicted molar refractivity (Wildman–Crippen MR) is 122 cm³/mol. The summed E-state index contributed by atoms with van der Waals surface area (Å²) in [7, 11) is 3.16. The van der Waals surface area contributed by atoms with Crippen LogP contribution in [0.25, 0.3) is 22.8 Å². The molecular weight excluding hydrogens is 414 g/mol. The molecule has 1 amide bonds. The summed E-state index contributed by atoms with van der Waals surface area (Å²) >= 11 is 6.11. The number of hydrogen-bond donors (Lipinski definition) is 2. The molecule has 6 nitrogen and oxygen atoms in total. The van der Waals surface area contributed by atoms with Crippen LogP contribution in [0.5, 0.6) is 11.5 Å². The Kier molecular flexibility index (Phi) is 5.91. The number of nitrogens with one attached hydrogen (secondary N) is 2. The molecule has 0 aliphatic heterocycles. The van der Waals surface area contributed by atoms with Crippen molar-refractivity contribution in [1.82, 2.24) is 15.3 Å². The van der Waals surface area contributed by atoms with Gasteiger partial charge >= 0.3 is 0 Å². The van der Waals surface area contributed by atoms with Gasteiger partial charge in [0.25, 0.3) is 5.91 Å². The topological polar surface area (TPSA) is 76.2 Å². The average molecular weight is 434 g/mol. The normalized spacial score (nSPS) is 11.4. The highest BCUT2D eigenvalue weighted by molar-refractivity contribution is 6.31. The molecule has 0 bridgehead atoms. The number of amides is 1. The van der Waals surface area contributed by atoms with E-state index in [2.05, 4.69) is 15.3 Å². The van der Waals surface area contributed by atoms with Crippen LogP contribution < -0.4 is 14.8 Å². The van der Waals surface area contributed by atoms with E-state index in [1.807, 2.05) is 42.5 Å². The number of aromatic amines is 1. The Labute approximate surface area is 184 Å². The van der Waals surface area contributed by atoms with Crippen molar-refractivity contribution in [2.45, 2.75) is 0 Å². The van der Waals surface area contributed by atoms with E-state index in [-0.39, 0.29) is 5.91 Å². The summed E-state index contributed by atoms with van der Waals surface area (Å²) in [5, 5.41) is 3.56. The largest absolute Gasteiger partial charge is 0.493 e. The second-order valence-electron chi connectivity index (χ2n) is 6.74. The standard InChI is InChI=1S/C24H20ClN3O3/c1-30-21-11-8-15(13-22(21)31-2)12-20(28-24(29)16-6-4-3-5-7-16)23-26-18-10-9-17(25)14-19(18)27-23/h3-14H,1-2H3,(H,26,27)(H,28,29). The highest BCUT2D eigenvalue weighted by atomic mass is 35.5. The fourth-order valence-corrected chi connectivity index (χ4v) is 3.34. The number of rotatable bonds is 6. The van der Waals surface area contributed by atoms with Crippen LogP contribution in [0.3, 0.4) is 0 Å². The Bertz CT molecular complexity index is 1270. The number of carbonyl (C=O) groups is 1. The summed E-state index contributed by atoms with van der Waals surface area (Å²) in [6.45, 7) is 0. The summed E-state index contributed by atoms with van der Waals surface area (Å²) in [5.74, 6) is 1.47. The SMILES string of the molecule is COc1ccc(C=C(NC(=O)c2ccccc2)c2nc3ccc(Cl)cc3[nH]2)cc1OC. The van der Waals surface area contributed by atoms with Crippen molar-refractivity contribution in [3.05, 3.63) is 88.7 Å². The first-order valence-corrected chi connectivity index (χ1v) is 9.91. The summed E-state index contributed by atoms with van der Waals surface area (Å²) in [6, 6.07) is 19.9.